The van der Waals surface area contributed by atoms with Crippen LogP contribution in [0.25, 0.3) is 12.2 Å². The van der Waals surface area contributed by atoms with E-state index in [1.54, 1.807) is 36.4 Å². The molecule has 2 aromatic carbocycles. The van der Waals surface area contributed by atoms with Crippen molar-refractivity contribution in [3.05, 3.63) is 93.9 Å². The Morgan fingerprint density at radius 3 is 2.39 bits per heavy atom. The average Bonchev–Trinajstić information content (AvgIpc) is 3.18. The molecule has 33 heavy (non-hydrogen) atoms. The highest BCUT2D eigenvalue weighted by Gasteiger charge is 2.42. The number of allylic oxidation sites excluding steroid dienone is 4. The third-order valence-electron chi connectivity index (χ3n) is 5.34. The second-order valence-corrected chi connectivity index (χ2v) is 7.77. The third-order valence-corrected chi connectivity index (χ3v) is 5.34. The zero-order valence-electron chi connectivity index (χ0n) is 17.5. The summed E-state index contributed by atoms with van der Waals surface area (Å²) >= 11 is 0. The lowest BCUT2D eigenvalue weighted by atomic mass is 9.94. The Balaban J connectivity index is 1.63. The molecule has 1 heterocycles. The molecule has 6 nitrogen and oxygen atoms in total. The van der Waals surface area contributed by atoms with Gasteiger partial charge in [-0.05, 0) is 53.3 Å². The number of carbonyl (C=O) groups excluding carboxylic acids is 1. The number of halogens is 2. The van der Waals surface area contributed by atoms with Crippen molar-refractivity contribution < 1.29 is 28.3 Å². The van der Waals surface area contributed by atoms with Crippen LogP contribution in [0.2, 0.25) is 0 Å². The number of carboxylic acids is 1. The Morgan fingerprint density at radius 1 is 1.12 bits per heavy atom. The van der Waals surface area contributed by atoms with E-state index in [4.69, 9.17) is 4.84 Å². The largest absolute Gasteiger partial charge is 0.478 e. The molecule has 4 rings (SSSR count). The number of aliphatic imine (C=N–C) groups is 1. The van der Waals surface area contributed by atoms with Crippen LogP contribution in [-0.4, -0.2) is 34.0 Å². The second-order valence-electron chi connectivity index (χ2n) is 7.77. The van der Waals surface area contributed by atoms with E-state index in [0.717, 1.165) is 22.9 Å². The molecule has 1 N–H and O–H groups in total. The van der Waals surface area contributed by atoms with E-state index in [9.17, 15) is 23.5 Å². The van der Waals surface area contributed by atoms with Gasteiger partial charge in [0, 0.05) is 12.0 Å². The van der Waals surface area contributed by atoms with Gasteiger partial charge >= 0.3 is 5.97 Å². The first-order valence-electron chi connectivity index (χ1n) is 9.93. The van der Waals surface area contributed by atoms with E-state index in [0.29, 0.717) is 16.5 Å². The molecule has 0 saturated heterocycles. The Labute approximate surface area is 187 Å². The fourth-order valence-corrected chi connectivity index (χ4v) is 3.42. The number of rotatable bonds is 3. The highest BCUT2D eigenvalue weighted by molar-refractivity contribution is 6.15. The van der Waals surface area contributed by atoms with Gasteiger partial charge in [-0.15, -0.1) is 0 Å². The van der Waals surface area contributed by atoms with Crippen molar-refractivity contribution in [1.82, 2.24) is 0 Å². The van der Waals surface area contributed by atoms with E-state index < -0.39 is 34.7 Å². The van der Waals surface area contributed by atoms with Crippen molar-refractivity contribution in [2.75, 3.05) is 0 Å². The Kier molecular flexibility index (Phi) is 5.59. The Hall–Kier alpha value is -4.20. The Bertz CT molecular complexity index is 1380. The van der Waals surface area contributed by atoms with Gasteiger partial charge in [0.25, 0.3) is 5.91 Å². The molecule has 0 spiro atoms. The van der Waals surface area contributed by atoms with Crippen LogP contribution in [0.5, 0.6) is 0 Å². The SMILES string of the molecule is C=c1ccc(C2=NOC(C)(C(=O)O)C2)cc1=C1C=CC(=NC(=O)c2c(F)cccc2F)C=C1. The van der Waals surface area contributed by atoms with E-state index in [-0.39, 0.29) is 12.1 Å². The van der Waals surface area contributed by atoms with Gasteiger partial charge in [0.05, 0.1) is 11.4 Å². The molecule has 8 heteroatoms. The van der Waals surface area contributed by atoms with Crippen molar-refractivity contribution >= 4 is 35.5 Å². The lowest BCUT2D eigenvalue weighted by Gasteiger charge is -2.14. The summed E-state index contributed by atoms with van der Waals surface area (Å²) in [7, 11) is 0. The number of nitrogens with zero attached hydrogens (tertiary/aromatic N) is 2. The maximum absolute atomic E-state index is 13.8. The van der Waals surface area contributed by atoms with Crippen LogP contribution in [0, 0.1) is 11.6 Å². The van der Waals surface area contributed by atoms with E-state index >= 15 is 0 Å². The van der Waals surface area contributed by atoms with Crippen LogP contribution in [0.1, 0.15) is 29.3 Å². The lowest BCUT2D eigenvalue weighted by Crippen LogP contribution is -2.35. The molecule has 166 valence electrons. The summed E-state index contributed by atoms with van der Waals surface area (Å²) in [5.74, 6) is -4.06. The lowest BCUT2D eigenvalue weighted by molar-refractivity contribution is -0.160. The molecule has 0 fully saturated rings. The number of carboxylic acid groups (broad SMARTS) is 1. The van der Waals surface area contributed by atoms with Crippen molar-refractivity contribution in [2.45, 2.75) is 18.9 Å². The molecule has 1 aliphatic carbocycles. The number of hydrogen-bond acceptors (Lipinski definition) is 4. The van der Waals surface area contributed by atoms with Crippen molar-refractivity contribution in [2.24, 2.45) is 10.1 Å². The summed E-state index contributed by atoms with van der Waals surface area (Å²) in [5, 5.41) is 14.7. The van der Waals surface area contributed by atoms with Crippen LogP contribution in [0.15, 0.2) is 70.9 Å². The number of carbonyl (C=O) groups is 2. The minimum atomic E-state index is -1.41. The van der Waals surface area contributed by atoms with E-state index in [1.807, 2.05) is 6.07 Å². The smallest absolute Gasteiger partial charge is 0.351 e. The molecule has 0 radical (unpaired) electrons. The monoisotopic (exact) mass is 448 g/mol. The molecular weight excluding hydrogens is 430 g/mol. The highest BCUT2D eigenvalue weighted by atomic mass is 19.1. The van der Waals surface area contributed by atoms with Gasteiger partial charge in [0.2, 0.25) is 5.60 Å². The molecule has 1 amide bonds. The standard InChI is InChI=1S/C25H18F2N2O4/c1-14-6-7-16(21-13-25(2,24(31)32)33-29-21)12-18(14)15-8-10-17(11-9-15)28-23(30)22-19(26)4-3-5-20(22)27/h3-12H,1,13H2,2H3,(H,31,32). The summed E-state index contributed by atoms with van der Waals surface area (Å²) in [6.45, 7) is 5.48. The molecule has 1 atom stereocenters. The molecule has 2 aromatic rings. The summed E-state index contributed by atoms with van der Waals surface area (Å²) < 4.78 is 27.6. The van der Waals surface area contributed by atoms with Crippen molar-refractivity contribution in [3.63, 3.8) is 0 Å². The van der Waals surface area contributed by atoms with Gasteiger partial charge in [-0.3, -0.25) is 4.79 Å². The molecule has 0 saturated carbocycles. The predicted molar refractivity (Wildman–Crippen MR) is 119 cm³/mol. The molecule has 1 aliphatic heterocycles. The molecule has 1 unspecified atom stereocenters. The topological polar surface area (TPSA) is 88.3 Å². The molecule has 2 aliphatic rings. The number of benzene rings is 2. The van der Waals surface area contributed by atoms with Crippen LogP contribution in [-0.2, 0) is 9.63 Å². The summed E-state index contributed by atoms with van der Waals surface area (Å²) in [6, 6.07) is 8.56. The van der Waals surface area contributed by atoms with Crippen LogP contribution >= 0.6 is 0 Å². The number of aliphatic carboxylic acids is 1. The minimum Gasteiger partial charge on any atom is -0.478 e. The first kappa shape index (κ1) is 22.0. The molecule has 0 aromatic heterocycles. The highest BCUT2D eigenvalue weighted by Crippen LogP contribution is 2.26. The van der Waals surface area contributed by atoms with Gasteiger partial charge in [-0.1, -0.05) is 42.1 Å². The molecular formula is C25H18F2N2O4. The average molecular weight is 448 g/mol. The molecule has 0 bridgehead atoms. The van der Waals surface area contributed by atoms with Crippen molar-refractivity contribution in [1.29, 1.82) is 0 Å². The minimum absolute atomic E-state index is 0.116. The second kappa shape index (κ2) is 8.38. The van der Waals surface area contributed by atoms with E-state index in [1.165, 1.54) is 13.0 Å². The normalized spacial score (nSPS) is 19.3. The maximum atomic E-state index is 13.8. The summed E-state index contributed by atoms with van der Waals surface area (Å²) in [5.41, 5.74) is 0.0742. The van der Waals surface area contributed by atoms with E-state index in [2.05, 4.69) is 16.7 Å². The quantitative estimate of drug-likeness (QED) is 0.782. The van der Waals surface area contributed by atoms with Crippen LogP contribution in [0.4, 0.5) is 8.78 Å². The number of oxime groups is 1. The Morgan fingerprint density at radius 2 is 1.79 bits per heavy atom. The van der Waals surface area contributed by atoms with Gasteiger partial charge in [-0.2, -0.15) is 0 Å². The van der Waals surface area contributed by atoms with Gasteiger partial charge in [0.1, 0.15) is 17.2 Å². The number of hydrogen-bond donors (Lipinski definition) is 1. The first-order chi connectivity index (χ1) is 15.7. The summed E-state index contributed by atoms with van der Waals surface area (Å²) in [6.07, 6.45) is 6.62. The summed E-state index contributed by atoms with van der Waals surface area (Å²) in [4.78, 5) is 32.6. The fourth-order valence-electron chi connectivity index (χ4n) is 3.42. The van der Waals surface area contributed by atoms with Gasteiger partial charge < -0.3 is 9.94 Å². The van der Waals surface area contributed by atoms with Crippen LogP contribution in [0.3, 0.4) is 0 Å². The van der Waals surface area contributed by atoms with Crippen LogP contribution < -0.4 is 10.4 Å². The first-order valence-corrected chi connectivity index (χ1v) is 9.93. The van der Waals surface area contributed by atoms with Gasteiger partial charge in [-0.25, -0.2) is 18.6 Å². The number of amides is 1. The third kappa shape index (κ3) is 4.27. The zero-order valence-corrected chi connectivity index (χ0v) is 17.5. The maximum Gasteiger partial charge on any atom is 0.351 e. The van der Waals surface area contributed by atoms with Gasteiger partial charge in [0.15, 0.2) is 0 Å². The fraction of sp³-hybridized carbons (Fsp3) is 0.120. The predicted octanol–water partition coefficient (Wildman–Crippen LogP) is 2.90. The zero-order chi connectivity index (χ0) is 23.8. The van der Waals surface area contributed by atoms with Crippen molar-refractivity contribution in [3.8, 4) is 0 Å².